The Morgan fingerprint density at radius 1 is 1.08 bits per heavy atom. The zero-order valence-corrected chi connectivity index (χ0v) is 23.1. The highest BCUT2D eigenvalue weighted by molar-refractivity contribution is 7.89. The number of benzene rings is 1. The fourth-order valence-corrected chi connectivity index (χ4v) is 6.43. The Kier molecular flexibility index (Phi) is 8.94. The molecule has 2 amide bonds. The quantitative estimate of drug-likeness (QED) is 0.389. The molecule has 0 unspecified atom stereocenters. The van der Waals surface area contributed by atoms with Gasteiger partial charge >= 0.3 is 0 Å². The number of carbonyl (C=O) groups is 2. The number of pyridine rings is 2. The lowest BCUT2D eigenvalue weighted by Crippen LogP contribution is -2.54. The zero-order valence-electron chi connectivity index (χ0n) is 22.3. The average molecular weight is 554 g/mol. The summed E-state index contributed by atoms with van der Waals surface area (Å²) in [7, 11) is -3.93. The van der Waals surface area contributed by atoms with E-state index < -0.39 is 40.2 Å². The van der Waals surface area contributed by atoms with Gasteiger partial charge in [0.15, 0.2) is 5.03 Å². The molecule has 4 atom stereocenters. The number of β-amino-alcohol motifs (C(OH)–C–C–N with tert-alkyl or cyclic N) is 1. The van der Waals surface area contributed by atoms with Gasteiger partial charge in [-0.1, -0.05) is 26.0 Å². The van der Waals surface area contributed by atoms with E-state index in [0.717, 1.165) is 10.9 Å². The van der Waals surface area contributed by atoms with Gasteiger partial charge in [0.1, 0.15) is 6.04 Å². The van der Waals surface area contributed by atoms with Crippen LogP contribution in [0.5, 0.6) is 0 Å². The summed E-state index contributed by atoms with van der Waals surface area (Å²) in [6, 6.07) is 11.6. The van der Waals surface area contributed by atoms with Gasteiger partial charge in [-0.3, -0.25) is 14.6 Å². The van der Waals surface area contributed by atoms with Gasteiger partial charge in [0.25, 0.3) is 15.9 Å². The number of nitrogens with zero attached hydrogens (tertiary/aromatic N) is 3. The number of carbonyl (C=O) groups excluding carboxylic acids is 2. The molecule has 3 aromatic rings. The van der Waals surface area contributed by atoms with Crippen molar-refractivity contribution in [3.8, 4) is 0 Å². The molecule has 1 aliphatic heterocycles. The van der Waals surface area contributed by atoms with Crippen LogP contribution < -0.4 is 10.6 Å². The topological polar surface area (TPSA) is 142 Å². The van der Waals surface area contributed by atoms with Gasteiger partial charge in [-0.15, -0.1) is 0 Å². The number of hydrogen-bond acceptors (Lipinski definition) is 7. The molecular weight excluding hydrogens is 518 g/mol. The van der Waals surface area contributed by atoms with E-state index in [1.165, 1.54) is 16.6 Å². The van der Waals surface area contributed by atoms with Crippen molar-refractivity contribution in [2.45, 2.75) is 69.3 Å². The lowest BCUT2D eigenvalue weighted by molar-refractivity contribution is -0.125. The highest BCUT2D eigenvalue weighted by Crippen LogP contribution is 2.24. The van der Waals surface area contributed by atoms with E-state index >= 15 is 0 Å². The molecule has 1 fully saturated rings. The van der Waals surface area contributed by atoms with Crippen molar-refractivity contribution >= 4 is 32.7 Å². The SMILES string of the molecule is CC(C)C[C@H](NC(=O)c1ccc2ncccc2c1)C(=O)N[C@H]1CC[C@@H](C)N(S(=O)(=O)c2ccccn2)C[C@@H]1O. The second-order valence-corrected chi connectivity index (χ2v) is 12.3. The number of fused-ring (bicyclic) bond motifs is 1. The molecule has 208 valence electrons. The third-order valence-electron chi connectivity index (χ3n) is 6.95. The molecule has 0 spiro atoms. The Labute approximate surface area is 228 Å². The lowest BCUT2D eigenvalue weighted by Gasteiger charge is -2.28. The molecule has 0 saturated carbocycles. The van der Waals surface area contributed by atoms with Crippen LogP contribution in [0.25, 0.3) is 10.9 Å². The standard InChI is InChI=1S/C28H35N5O5S/c1-18(2)15-24(32-27(35)21-10-12-22-20(16-21)7-6-14-29-22)28(36)31-23-11-9-19(3)33(17-25(23)34)39(37,38)26-8-4-5-13-30-26/h4-8,10,12-14,16,18-19,23-25,34H,9,11,15,17H2,1-3H3,(H,31,36)(H,32,35)/t19-,23+,24+,25+/m1/s1. The van der Waals surface area contributed by atoms with Crippen LogP contribution in [0.15, 0.2) is 66.0 Å². The number of aliphatic hydroxyl groups is 1. The molecule has 0 radical (unpaired) electrons. The van der Waals surface area contributed by atoms with E-state index in [2.05, 4.69) is 20.6 Å². The van der Waals surface area contributed by atoms with Crippen LogP contribution in [-0.2, 0) is 14.8 Å². The Balaban J connectivity index is 1.47. The third-order valence-corrected chi connectivity index (χ3v) is 8.85. The molecule has 10 nitrogen and oxygen atoms in total. The number of amides is 2. The molecule has 39 heavy (non-hydrogen) atoms. The molecule has 1 aliphatic rings. The summed E-state index contributed by atoms with van der Waals surface area (Å²) in [6.07, 6.45) is 3.16. The van der Waals surface area contributed by atoms with E-state index in [-0.39, 0.29) is 23.4 Å². The largest absolute Gasteiger partial charge is 0.390 e. The van der Waals surface area contributed by atoms with Crippen molar-refractivity contribution in [1.82, 2.24) is 24.9 Å². The minimum atomic E-state index is -3.93. The summed E-state index contributed by atoms with van der Waals surface area (Å²) in [4.78, 5) is 34.7. The maximum Gasteiger partial charge on any atom is 0.260 e. The fourth-order valence-electron chi connectivity index (χ4n) is 4.82. The molecule has 0 aliphatic carbocycles. The smallest absolute Gasteiger partial charge is 0.260 e. The average Bonchev–Trinajstić information content (AvgIpc) is 3.06. The van der Waals surface area contributed by atoms with Crippen LogP contribution in [0.2, 0.25) is 0 Å². The van der Waals surface area contributed by atoms with Gasteiger partial charge in [0, 0.05) is 35.9 Å². The molecule has 2 aromatic heterocycles. The van der Waals surface area contributed by atoms with Crippen LogP contribution in [0, 0.1) is 5.92 Å². The highest BCUT2D eigenvalue weighted by atomic mass is 32.2. The predicted molar refractivity (Wildman–Crippen MR) is 147 cm³/mol. The second-order valence-electron chi connectivity index (χ2n) is 10.4. The van der Waals surface area contributed by atoms with E-state index in [1.54, 1.807) is 49.5 Å². The highest BCUT2D eigenvalue weighted by Gasteiger charge is 2.38. The molecule has 1 aromatic carbocycles. The summed E-state index contributed by atoms with van der Waals surface area (Å²) in [5.74, 6) is -0.693. The first-order chi connectivity index (χ1) is 18.6. The molecule has 3 heterocycles. The minimum Gasteiger partial charge on any atom is -0.390 e. The number of aromatic nitrogens is 2. The van der Waals surface area contributed by atoms with Crippen molar-refractivity contribution < 1.29 is 23.1 Å². The van der Waals surface area contributed by atoms with Crippen LogP contribution in [0.3, 0.4) is 0 Å². The monoisotopic (exact) mass is 553 g/mol. The summed E-state index contributed by atoms with van der Waals surface area (Å²) < 4.78 is 27.7. The minimum absolute atomic E-state index is 0.0873. The predicted octanol–water partition coefficient (Wildman–Crippen LogP) is 2.49. The first-order valence-corrected chi connectivity index (χ1v) is 14.6. The van der Waals surface area contributed by atoms with Crippen molar-refractivity contribution in [2.24, 2.45) is 5.92 Å². The lowest BCUT2D eigenvalue weighted by atomic mass is 10.00. The summed E-state index contributed by atoms with van der Waals surface area (Å²) in [6.45, 7) is 5.50. The molecule has 0 bridgehead atoms. The van der Waals surface area contributed by atoms with E-state index in [0.29, 0.717) is 24.8 Å². The van der Waals surface area contributed by atoms with E-state index in [4.69, 9.17) is 0 Å². The van der Waals surface area contributed by atoms with Crippen molar-refractivity contribution in [3.05, 3.63) is 66.5 Å². The molecular formula is C28H35N5O5S. The van der Waals surface area contributed by atoms with E-state index in [9.17, 15) is 23.1 Å². The molecule has 11 heteroatoms. The van der Waals surface area contributed by atoms with Crippen LogP contribution in [-0.4, -0.2) is 70.4 Å². The van der Waals surface area contributed by atoms with Crippen LogP contribution >= 0.6 is 0 Å². The number of rotatable bonds is 8. The van der Waals surface area contributed by atoms with Crippen LogP contribution in [0.1, 0.15) is 50.4 Å². The van der Waals surface area contributed by atoms with Gasteiger partial charge in [-0.05, 0) is 68.5 Å². The number of sulfonamides is 1. The van der Waals surface area contributed by atoms with E-state index in [1.807, 2.05) is 19.9 Å². The van der Waals surface area contributed by atoms with Crippen molar-refractivity contribution in [3.63, 3.8) is 0 Å². The van der Waals surface area contributed by atoms with Crippen LogP contribution in [0.4, 0.5) is 0 Å². The number of hydrogen-bond donors (Lipinski definition) is 3. The molecule has 4 rings (SSSR count). The van der Waals surface area contributed by atoms with Crippen molar-refractivity contribution in [2.75, 3.05) is 6.54 Å². The van der Waals surface area contributed by atoms with Crippen molar-refractivity contribution in [1.29, 1.82) is 0 Å². The Morgan fingerprint density at radius 3 is 2.56 bits per heavy atom. The maximum absolute atomic E-state index is 13.4. The summed E-state index contributed by atoms with van der Waals surface area (Å²) >= 11 is 0. The Bertz CT molecular complexity index is 1420. The number of nitrogens with one attached hydrogen (secondary N) is 2. The van der Waals surface area contributed by atoms with Gasteiger partial charge in [-0.2, -0.15) is 4.31 Å². The first-order valence-electron chi connectivity index (χ1n) is 13.1. The first kappa shape index (κ1) is 28.6. The Hall–Kier alpha value is -3.41. The Morgan fingerprint density at radius 2 is 1.85 bits per heavy atom. The summed E-state index contributed by atoms with van der Waals surface area (Å²) in [5, 5.41) is 17.4. The maximum atomic E-state index is 13.4. The molecule has 1 saturated heterocycles. The van der Waals surface area contributed by atoms with Gasteiger partial charge in [0.2, 0.25) is 5.91 Å². The summed E-state index contributed by atoms with van der Waals surface area (Å²) in [5.41, 5.74) is 1.18. The normalized spacial score (nSPS) is 21.3. The number of aliphatic hydroxyl groups excluding tert-OH is 1. The molecule has 3 N–H and O–H groups in total. The van der Waals surface area contributed by atoms with Gasteiger partial charge in [-0.25, -0.2) is 13.4 Å². The third kappa shape index (κ3) is 6.78. The van der Waals surface area contributed by atoms with Gasteiger partial charge < -0.3 is 15.7 Å². The van der Waals surface area contributed by atoms with Gasteiger partial charge in [0.05, 0.1) is 17.7 Å². The zero-order chi connectivity index (χ0) is 28.2. The second kappa shape index (κ2) is 12.2. The fraction of sp³-hybridized carbons (Fsp3) is 0.429.